The SMILES string of the molecule is CCC(C)(C)OCCOc1ccc(C2(c3ccc(OCCOC(=O)C(C)(C)CC)cc3)c3ccccc3-c3ccccc32)cc1. The summed E-state index contributed by atoms with van der Waals surface area (Å²) in [5.74, 6) is 1.35. The summed E-state index contributed by atoms with van der Waals surface area (Å²) in [7, 11) is 0. The average Bonchev–Trinajstić information content (AvgIpc) is 3.37. The molecule has 0 amide bonds. The van der Waals surface area contributed by atoms with E-state index in [9.17, 15) is 4.79 Å². The predicted molar refractivity (Wildman–Crippen MR) is 180 cm³/mol. The lowest BCUT2D eigenvalue weighted by atomic mass is 9.68. The molecule has 0 aromatic heterocycles. The van der Waals surface area contributed by atoms with Crippen LogP contribution in [0.15, 0.2) is 97.1 Å². The molecule has 45 heavy (non-hydrogen) atoms. The lowest BCUT2D eigenvalue weighted by Crippen LogP contribution is -2.28. The standard InChI is InChI=1S/C40H46O5/c1-7-38(3,4)37(41)44-26-25-42-31-21-17-29(18-22-31)40(35-15-11-9-13-33(35)34-14-10-12-16-36(34)40)30-19-23-32(24-20-30)43-27-28-45-39(5,6)8-2/h9-24H,7-8,25-28H2,1-6H3. The predicted octanol–water partition coefficient (Wildman–Crippen LogP) is 8.99. The van der Waals surface area contributed by atoms with Gasteiger partial charge in [-0.1, -0.05) is 86.6 Å². The number of hydrogen-bond donors (Lipinski definition) is 0. The molecule has 4 aromatic rings. The minimum absolute atomic E-state index is 0.151. The molecular formula is C40H46O5. The Labute approximate surface area is 268 Å². The van der Waals surface area contributed by atoms with Crippen molar-refractivity contribution in [3.63, 3.8) is 0 Å². The van der Waals surface area contributed by atoms with Gasteiger partial charge >= 0.3 is 5.97 Å². The Morgan fingerprint density at radius 1 is 0.600 bits per heavy atom. The highest BCUT2D eigenvalue weighted by Gasteiger charge is 2.45. The molecule has 5 nitrogen and oxygen atoms in total. The lowest BCUT2D eigenvalue weighted by Gasteiger charge is -2.34. The summed E-state index contributed by atoms with van der Waals surface area (Å²) in [6.07, 6.45) is 1.68. The van der Waals surface area contributed by atoms with Crippen LogP contribution in [0.1, 0.15) is 76.6 Å². The van der Waals surface area contributed by atoms with Crippen molar-refractivity contribution in [2.45, 2.75) is 65.4 Å². The molecule has 4 aromatic carbocycles. The van der Waals surface area contributed by atoms with Crippen LogP contribution in [-0.2, 0) is 19.7 Å². The van der Waals surface area contributed by atoms with Gasteiger partial charge in [0.05, 0.1) is 23.0 Å². The first-order chi connectivity index (χ1) is 21.6. The van der Waals surface area contributed by atoms with Gasteiger partial charge in [-0.15, -0.1) is 0 Å². The largest absolute Gasteiger partial charge is 0.491 e. The van der Waals surface area contributed by atoms with Crippen molar-refractivity contribution in [2.24, 2.45) is 5.41 Å². The van der Waals surface area contributed by atoms with Gasteiger partial charge in [-0.3, -0.25) is 4.79 Å². The van der Waals surface area contributed by atoms with Gasteiger partial charge in [-0.05, 0) is 98.2 Å². The number of rotatable bonds is 14. The molecule has 0 saturated heterocycles. The van der Waals surface area contributed by atoms with Gasteiger partial charge in [-0.25, -0.2) is 0 Å². The second-order valence-corrected chi connectivity index (χ2v) is 12.9. The van der Waals surface area contributed by atoms with Gasteiger partial charge in [0.15, 0.2) is 0 Å². The summed E-state index contributed by atoms with van der Waals surface area (Å²) in [6.45, 7) is 13.7. The van der Waals surface area contributed by atoms with Crippen LogP contribution in [0.3, 0.4) is 0 Å². The number of esters is 1. The second kappa shape index (κ2) is 13.5. The number of hydrogen-bond acceptors (Lipinski definition) is 5. The molecule has 5 heteroatoms. The first-order valence-electron chi connectivity index (χ1n) is 16.1. The first-order valence-corrected chi connectivity index (χ1v) is 16.1. The van der Waals surface area contributed by atoms with E-state index in [1.165, 1.54) is 22.3 Å². The summed E-state index contributed by atoms with van der Waals surface area (Å²) < 4.78 is 23.5. The highest BCUT2D eigenvalue weighted by atomic mass is 16.6. The zero-order valence-electron chi connectivity index (χ0n) is 27.5. The van der Waals surface area contributed by atoms with Crippen LogP contribution in [0.25, 0.3) is 11.1 Å². The van der Waals surface area contributed by atoms with E-state index in [1.807, 2.05) is 32.9 Å². The number of carbonyl (C=O) groups is 1. The Morgan fingerprint density at radius 2 is 1.07 bits per heavy atom. The van der Waals surface area contributed by atoms with Crippen LogP contribution in [0.4, 0.5) is 0 Å². The van der Waals surface area contributed by atoms with E-state index in [-0.39, 0.29) is 18.2 Å². The summed E-state index contributed by atoms with van der Waals surface area (Å²) >= 11 is 0. The zero-order valence-corrected chi connectivity index (χ0v) is 27.5. The number of ether oxygens (including phenoxy) is 4. The highest BCUT2D eigenvalue weighted by molar-refractivity contribution is 5.86. The van der Waals surface area contributed by atoms with Crippen molar-refractivity contribution in [3.8, 4) is 22.6 Å². The Kier molecular flexibility index (Phi) is 9.69. The maximum atomic E-state index is 12.3. The van der Waals surface area contributed by atoms with Crippen molar-refractivity contribution in [1.29, 1.82) is 0 Å². The third kappa shape index (κ3) is 6.64. The molecule has 1 aliphatic carbocycles. The van der Waals surface area contributed by atoms with E-state index in [2.05, 4.69) is 106 Å². The van der Waals surface area contributed by atoms with Gasteiger partial charge in [0.2, 0.25) is 0 Å². The van der Waals surface area contributed by atoms with E-state index in [0.717, 1.165) is 35.5 Å². The summed E-state index contributed by atoms with van der Waals surface area (Å²) in [5, 5.41) is 0. The van der Waals surface area contributed by atoms with E-state index >= 15 is 0 Å². The van der Waals surface area contributed by atoms with Crippen LogP contribution < -0.4 is 9.47 Å². The average molecular weight is 607 g/mol. The Balaban J connectivity index is 1.41. The van der Waals surface area contributed by atoms with Gasteiger partial charge in [0.1, 0.15) is 31.3 Å². The van der Waals surface area contributed by atoms with Crippen molar-refractivity contribution in [3.05, 3.63) is 119 Å². The quantitative estimate of drug-likeness (QED) is 0.0933. The van der Waals surface area contributed by atoms with E-state index in [1.54, 1.807) is 0 Å². The Bertz CT molecular complexity index is 1540. The molecule has 0 bridgehead atoms. The van der Waals surface area contributed by atoms with Crippen LogP contribution in [0.2, 0.25) is 0 Å². The molecule has 1 aliphatic rings. The number of benzene rings is 4. The van der Waals surface area contributed by atoms with Crippen molar-refractivity contribution in [2.75, 3.05) is 26.4 Å². The van der Waals surface area contributed by atoms with Crippen LogP contribution in [0, 0.1) is 5.41 Å². The zero-order chi connectivity index (χ0) is 32.1. The molecular weight excluding hydrogens is 560 g/mol. The summed E-state index contributed by atoms with van der Waals surface area (Å²) in [5.41, 5.74) is 6.11. The Hall–Kier alpha value is -4.09. The molecule has 5 rings (SSSR count). The molecule has 0 aliphatic heterocycles. The maximum absolute atomic E-state index is 12.3. The second-order valence-electron chi connectivity index (χ2n) is 12.9. The fraction of sp³-hybridized carbons (Fsp3) is 0.375. The minimum atomic E-state index is -0.514. The van der Waals surface area contributed by atoms with E-state index in [0.29, 0.717) is 19.8 Å². The van der Waals surface area contributed by atoms with Crippen LogP contribution in [0.5, 0.6) is 11.5 Å². The van der Waals surface area contributed by atoms with Gasteiger partial charge in [0.25, 0.3) is 0 Å². The number of fused-ring (bicyclic) bond motifs is 3. The molecule has 236 valence electrons. The molecule has 0 atom stereocenters. The fourth-order valence-electron chi connectivity index (χ4n) is 5.84. The summed E-state index contributed by atoms with van der Waals surface area (Å²) in [4.78, 5) is 12.3. The Morgan fingerprint density at radius 3 is 1.53 bits per heavy atom. The van der Waals surface area contributed by atoms with Gasteiger partial charge in [-0.2, -0.15) is 0 Å². The fourth-order valence-corrected chi connectivity index (χ4v) is 5.84. The third-order valence-corrected chi connectivity index (χ3v) is 9.24. The maximum Gasteiger partial charge on any atom is 0.311 e. The smallest absolute Gasteiger partial charge is 0.311 e. The molecule has 0 spiro atoms. The molecule has 0 N–H and O–H groups in total. The molecule has 0 fully saturated rings. The van der Waals surface area contributed by atoms with Crippen LogP contribution >= 0.6 is 0 Å². The van der Waals surface area contributed by atoms with Crippen molar-refractivity contribution >= 4 is 5.97 Å². The van der Waals surface area contributed by atoms with Gasteiger partial charge in [0, 0.05) is 0 Å². The molecule has 0 heterocycles. The normalized spacial score (nSPS) is 13.6. The molecule has 0 radical (unpaired) electrons. The third-order valence-electron chi connectivity index (χ3n) is 9.24. The van der Waals surface area contributed by atoms with E-state index in [4.69, 9.17) is 18.9 Å². The molecule has 0 saturated carbocycles. The number of carbonyl (C=O) groups excluding carboxylic acids is 1. The van der Waals surface area contributed by atoms with Crippen molar-refractivity contribution < 1.29 is 23.7 Å². The van der Waals surface area contributed by atoms with E-state index < -0.39 is 10.8 Å². The highest BCUT2D eigenvalue weighted by Crippen LogP contribution is 2.56. The van der Waals surface area contributed by atoms with Crippen molar-refractivity contribution in [1.82, 2.24) is 0 Å². The minimum Gasteiger partial charge on any atom is -0.491 e. The summed E-state index contributed by atoms with van der Waals surface area (Å²) in [6, 6.07) is 34.2. The first kappa shape index (κ1) is 32.3. The lowest BCUT2D eigenvalue weighted by molar-refractivity contribution is -0.154. The van der Waals surface area contributed by atoms with Crippen LogP contribution in [-0.4, -0.2) is 38.0 Å². The molecule has 0 unspecified atom stereocenters. The van der Waals surface area contributed by atoms with Gasteiger partial charge < -0.3 is 18.9 Å². The topological polar surface area (TPSA) is 54.0 Å². The monoisotopic (exact) mass is 606 g/mol.